The van der Waals surface area contributed by atoms with E-state index in [0.29, 0.717) is 0 Å². The molecule has 0 saturated heterocycles. The van der Waals surface area contributed by atoms with Crippen LogP contribution in [0.1, 0.15) is 20.7 Å². The normalized spacial score (nSPS) is 11.7. The van der Waals surface area contributed by atoms with Gasteiger partial charge in [0.05, 0.1) is 32.1 Å². The number of carboxylic acid groups (broad SMARTS) is 2. The summed E-state index contributed by atoms with van der Waals surface area (Å²) in [4.78, 5) is 21.9. The number of hydrogen-bond acceptors (Lipinski definition) is 4. The summed E-state index contributed by atoms with van der Waals surface area (Å²) in [5.74, 6) is -2.36. The first-order valence-electron chi connectivity index (χ1n) is 6.87. The number of rotatable bonds is 7. The maximum absolute atomic E-state index is 11.0. The van der Waals surface area contributed by atoms with E-state index in [-0.39, 0.29) is 43.6 Å². The minimum absolute atomic E-state index is 0.0118. The number of carboxylic acids is 2. The van der Waals surface area contributed by atoms with Crippen LogP contribution in [0.4, 0.5) is 0 Å². The lowest BCUT2D eigenvalue weighted by atomic mass is 10.2. The Hall–Kier alpha value is -1.86. The minimum Gasteiger partial charge on any atom is -0.478 e. The van der Waals surface area contributed by atoms with Gasteiger partial charge in [-0.15, -0.1) is 11.6 Å². The molecular formula is C16H10Cl4O6. The van der Waals surface area contributed by atoms with E-state index in [2.05, 4.69) is 0 Å². The van der Waals surface area contributed by atoms with Crippen molar-refractivity contribution in [2.75, 3.05) is 5.88 Å². The maximum atomic E-state index is 11.0. The first-order chi connectivity index (χ1) is 12.2. The molecule has 0 saturated carbocycles. The third-order valence-electron chi connectivity index (χ3n) is 3.06. The second kappa shape index (κ2) is 8.68. The van der Waals surface area contributed by atoms with Gasteiger partial charge in [0.25, 0.3) is 6.29 Å². The summed E-state index contributed by atoms with van der Waals surface area (Å²) in [6.07, 6.45) is -1.07. The van der Waals surface area contributed by atoms with Crippen LogP contribution in [0.15, 0.2) is 30.3 Å². The molecule has 0 radical (unpaired) electrons. The van der Waals surface area contributed by atoms with Crippen molar-refractivity contribution in [1.82, 2.24) is 0 Å². The van der Waals surface area contributed by atoms with Crippen LogP contribution in [-0.4, -0.2) is 34.3 Å². The molecule has 2 rings (SSSR count). The fraction of sp³-hybridized carbons (Fsp3) is 0.125. The summed E-state index contributed by atoms with van der Waals surface area (Å²) < 4.78 is 11.0. The molecule has 1 unspecified atom stereocenters. The molecule has 0 bridgehead atoms. The number of benzene rings is 2. The Morgan fingerprint density at radius 2 is 1.42 bits per heavy atom. The molecule has 0 aliphatic carbocycles. The van der Waals surface area contributed by atoms with E-state index in [9.17, 15) is 9.59 Å². The minimum atomic E-state index is -1.20. The van der Waals surface area contributed by atoms with Crippen LogP contribution in [0.5, 0.6) is 11.5 Å². The zero-order valence-corrected chi connectivity index (χ0v) is 15.7. The van der Waals surface area contributed by atoms with Gasteiger partial charge in [0.2, 0.25) is 0 Å². The van der Waals surface area contributed by atoms with Crippen LogP contribution in [0.3, 0.4) is 0 Å². The van der Waals surface area contributed by atoms with Gasteiger partial charge in [-0.05, 0) is 30.3 Å². The van der Waals surface area contributed by atoms with Gasteiger partial charge in [-0.2, -0.15) is 0 Å². The Balaban J connectivity index is 2.23. The van der Waals surface area contributed by atoms with E-state index >= 15 is 0 Å². The highest BCUT2D eigenvalue weighted by Gasteiger charge is 2.20. The molecule has 138 valence electrons. The van der Waals surface area contributed by atoms with Gasteiger partial charge in [0.1, 0.15) is 5.75 Å². The van der Waals surface area contributed by atoms with E-state index in [1.165, 1.54) is 30.3 Å². The van der Waals surface area contributed by atoms with Crippen LogP contribution >= 0.6 is 46.4 Å². The Labute approximate surface area is 167 Å². The smallest absolute Gasteiger partial charge is 0.335 e. The third kappa shape index (κ3) is 4.86. The Bertz CT molecular complexity index is 832. The molecule has 10 heteroatoms. The van der Waals surface area contributed by atoms with E-state index < -0.39 is 18.2 Å². The van der Waals surface area contributed by atoms with Gasteiger partial charge in [-0.1, -0.05) is 34.8 Å². The molecule has 0 aromatic heterocycles. The molecule has 0 spiro atoms. The molecule has 2 aromatic rings. The molecule has 0 heterocycles. The molecule has 1 atom stereocenters. The first kappa shape index (κ1) is 20.5. The van der Waals surface area contributed by atoms with Crippen molar-refractivity contribution in [3.8, 4) is 11.5 Å². The quantitative estimate of drug-likeness (QED) is 0.462. The van der Waals surface area contributed by atoms with Crippen molar-refractivity contribution >= 4 is 58.3 Å². The summed E-state index contributed by atoms with van der Waals surface area (Å²) in [5, 5.41) is 17.9. The van der Waals surface area contributed by atoms with Crippen molar-refractivity contribution in [3.63, 3.8) is 0 Å². The molecule has 0 fully saturated rings. The average molecular weight is 440 g/mol. The lowest BCUT2D eigenvalue weighted by Crippen LogP contribution is -2.26. The van der Waals surface area contributed by atoms with Gasteiger partial charge in [-0.25, -0.2) is 9.59 Å². The topological polar surface area (TPSA) is 93.1 Å². The Morgan fingerprint density at radius 1 is 0.885 bits per heavy atom. The van der Waals surface area contributed by atoms with Crippen LogP contribution in [0.2, 0.25) is 15.1 Å². The van der Waals surface area contributed by atoms with Gasteiger partial charge >= 0.3 is 11.9 Å². The zero-order chi connectivity index (χ0) is 19.4. The van der Waals surface area contributed by atoms with E-state index in [1.807, 2.05) is 0 Å². The molecule has 0 aliphatic heterocycles. The fourth-order valence-corrected chi connectivity index (χ4v) is 2.81. The summed E-state index contributed by atoms with van der Waals surface area (Å²) >= 11 is 23.8. The van der Waals surface area contributed by atoms with Crippen LogP contribution in [-0.2, 0) is 0 Å². The number of halogens is 4. The SMILES string of the molecule is O=C(O)c1ccc(OC(CCl)Oc2c(Cl)cc(C(=O)O)cc2Cl)c(Cl)c1. The second-order valence-corrected chi connectivity index (χ2v) is 6.37. The van der Waals surface area contributed by atoms with E-state index in [0.717, 1.165) is 0 Å². The molecule has 26 heavy (non-hydrogen) atoms. The van der Waals surface area contributed by atoms with Crippen molar-refractivity contribution in [2.24, 2.45) is 0 Å². The van der Waals surface area contributed by atoms with Gasteiger partial charge in [0.15, 0.2) is 5.75 Å². The fourth-order valence-electron chi connectivity index (χ4n) is 1.89. The highest BCUT2D eigenvalue weighted by molar-refractivity contribution is 6.37. The molecule has 2 aromatic carbocycles. The lowest BCUT2D eigenvalue weighted by Gasteiger charge is -2.20. The van der Waals surface area contributed by atoms with Gasteiger partial charge in [0, 0.05) is 0 Å². The molecule has 2 N–H and O–H groups in total. The number of alkyl halides is 1. The summed E-state index contributed by atoms with van der Waals surface area (Å²) in [6, 6.07) is 6.21. The highest BCUT2D eigenvalue weighted by Crippen LogP contribution is 2.36. The van der Waals surface area contributed by atoms with Crippen LogP contribution in [0, 0.1) is 0 Å². The number of hydrogen-bond donors (Lipinski definition) is 2. The van der Waals surface area contributed by atoms with Crippen LogP contribution < -0.4 is 9.47 Å². The second-order valence-electron chi connectivity index (χ2n) is 4.84. The predicted molar refractivity (Wildman–Crippen MR) is 97.6 cm³/mol. The maximum Gasteiger partial charge on any atom is 0.335 e. The van der Waals surface area contributed by atoms with E-state index in [4.69, 9.17) is 66.1 Å². The number of carbonyl (C=O) groups is 2. The Morgan fingerprint density at radius 3 is 1.88 bits per heavy atom. The van der Waals surface area contributed by atoms with Crippen molar-refractivity contribution in [2.45, 2.75) is 6.29 Å². The highest BCUT2D eigenvalue weighted by atomic mass is 35.5. The van der Waals surface area contributed by atoms with Crippen molar-refractivity contribution in [1.29, 1.82) is 0 Å². The first-order valence-corrected chi connectivity index (χ1v) is 8.54. The predicted octanol–water partition coefficient (Wildman–Crippen LogP) is 5.07. The molecular weight excluding hydrogens is 430 g/mol. The molecule has 0 aliphatic rings. The summed E-state index contributed by atoms with van der Waals surface area (Å²) in [5.41, 5.74) is -0.121. The van der Waals surface area contributed by atoms with Crippen LogP contribution in [0.25, 0.3) is 0 Å². The number of ether oxygens (including phenoxy) is 2. The number of aromatic carboxylic acids is 2. The lowest BCUT2D eigenvalue weighted by molar-refractivity contribution is 0.0255. The summed E-state index contributed by atoms with van der Waals surface area (Å²) in [6.45, 7) is 0. The van der Waals surface area contributed by atoms with E-state index in [1.54, 1.807) is 0 Å². The average Bonchev–Trinajstić information content (AvgIpc) is 2.57. The third-order valence-corrected chi connectivity index (χ3v) is 4.17. The molecule has 0 amide bonds. The largest absolute Gasteiger partial charge is 0.478 e. The van der Waals surface area contributed by atoms with Gasteiger partial charge in [-0.3, -0.25) is 0 Å². The van der Waals surface area contributed by atoms with Crippen molar-refractivity contribution in [3.05, 3.63) is 56.5 Å². The Kier molecular flexibility index (Phi) is 6.83. The van der Waals surface area contributed by atoms with Gasteiger partial charge < -0.3 is 19.7 Å². The monoisotopic (exact) mass is 438 g/mol. The molecule has 6 nitrogen and oxygen atoms in total. The zero-order valence-electron chi connectivity index (χ0n) is 12.7. The summed E-state index contributed by atoms with van der Waals surface area (Å²) in [7, 11) is 0. The standard InChI is InChI=1S/C16H10Cl4O6/c17-6-13(25-12-2-1-7(15(21)22)3-9(12)18)26-14-10(19)4-8(16(23)24)5-11(14)20/h1-5,13H,6H2,(H,21,22)(H,23,24). The van der Waals surface area contributed by atoms with Crippen molar-refractivity contribution < 1.29 is 29.3 Å².